The summed E-state index contributed by atoms with van der Waals surface area (Å²) in [5.41, 5.74) is 4.37. The Bertz CT molecular complexity index is 380. The van der Waals surface area contributed by atoms with Gasteiger partial charge >= 0.3 is 0 Å². The van der Waals surface area contributed by atoms with Crippen molar-refractivity contribution in [3.63, 3.8) is 0 Å². The van der Waals surface area contributed by atoms with Gasteiger partial charge in [0.15, 0.2) is 0 Å². The van der Waals surface area contributed by atoms with Crippen molar-refractivity contribution in [3.05, 3.63) is 34.9 Å². The van der Waals surface area contributed by atoms with Crippen molar-refractivity contribution in [2.45, 2.75) is 59.8 Å². The van der Waals surface area contributed by atoms with Gasteiger partial charge in [0.05, 0.1) is 0 Å². The normalized spacial score (nSPS) is 20.6. The molecular formula is C17H26O. The second-order valence-electron chi connectivity index (χ2n) is 5.89. The first-order valence-corrected chi connectivity index (χ1v) is 7.04. The Morgan fingerprint density at radius 3 is 2.67 bits per heavy atom. The molecule has 1 nitrogen and oxygen atoms in total. The van der Waals surface area contributed by atoms with Crippen molar-refractivity contribution in [2.75, 3.05) is 0 Å². The van der Waals surface area contributed by atoms with Crippen LogP contribution in [0.1, 0.15) is 59.8 Å². The molecule has 1 aliphatic carbocycles. The van der Waals surface area contributed by atoms with Crippen LogP contribution in [0.5, 0.6) is 0 Å². The van der Waals surface area contributed by atoms with E-state index in [4.69, 9.17) is 0 Å². The molecule has 0 atom stereocenters. The third kappa shape index (κ3) is 3.97. The zero-order chi connectivity index (χ0) is 13.6. The average Bonchev–Trinajstić information content (AvgIpc) is 2.28. The monoisotopic (exact) mass is 246 g/mol. The summed E-state index contributed by atoms with van der Waals surface area (Å²) in [6.07, 6.45) is 12.8. The molecule has 0 amide bonds. The quantitative estimate of drug-likeness (QED) is 0.379. The number of aldehydes is 1. The maximum atomic E-state index is 10.6. The summed E-state index contributed by atoms with van der Waals surface area (Å²) in [6, 6.07) is 0. The van der Waals surface area contributed by atoms with Gasteiger partial charge in [-0.15, -0.1) is 0 Å². The number of allylic oxidation sites excluding steroid dienone is 6. The molecule has 100 valence electrons. The molecule has 0 aromatic carbocycles. The van der Waals surface area contributed by atoms with Crippen molar-refractivity contribution in [1.29, 1.82) is 0 Å². The molecule has 0 saturated heterocycles. The molecule has 0 heterocycles. The summed E-state index contributed by atoms with van der Waals surface area (Å²) < 4.78 is 0. The second-order valence-corrected chi connectivity index (χ2v) is 5.89. The third-order valence-electron chi connectivity index (χ3n) is 3.83. The molecule has 0 saturated carbocycles. The highest BCUT2D eigenvalue weighted by Gasteiger charge is 2.26. The lowest BCUT2D eigenvalue weighted by Crippen LogP contribution is -2.19. The van der Waals surface area contributed by atoms with Crippen LogP contribution in [0.4, 0.5) is 0 Å². The van der Waals surface area contributed by atoms with Crippen molar-refractivity contribution in [1.82, 2.24) is 0 Å². The van der Waals surface area contributed by atoms with Crippen LogP contribution in [0.3, 0.4) is 0 Å². The molecule has 18 heavy (non-hydrogen) atoms. The third-order valence-corrected chi connectivity index (χ3v) is 3.83. The number of carbonyl (C=O) groups is 1. The van der Waals surface area contributed by atoms with Crippen molar-refractivity contribution in [2.24, 2.45) is 5.41 Å². The van der Waals surface area contributed by atoms with Crippen LogP contribution in [-0.2, 0) is 4.79 Å². The lowest BCUT2D eigenvalue weighted by Gasteiger charge is -2.33. The standard InChI is InChI=1S/C17H26O/c1-5-7-15(11-13-18)9-10-16-14(2)8-6-12-17(16,3)4/h9-11,13H,5-8,12H2,1-4H3/b10-9+,15-11-. The largest absolute Gasteiger partial charge is 0.299 e. The minimum absolute atomic E-state index is 0.275. The highest BCUT2D eigenvalue weighted by Crippen LogP contribution is 2.40. The Labute approximate surface area is 112 Å². The molecular weight excluding hydrogens is 220 g/mol. The van der Waals surface area contributed by atoms with Gasteiger partial charge < -0.3 is 0 Å². The van der Waals surface area contributed by atoms with Gasteiger partial charge in [0.25, 0.3) is 0 Å². The van der Waals surface area contributed by atoms with Gasteiger partial charge in [0, 0.05) is 0 Å². The van der Waals surface area contributed by atoms with Gasteiger partial charge in [0.1, 0.15) is 6.29 Å². The predicted molar refractivity (Wildman–Crippen MR) is 78.5 cm³/mol. The van der Waals surface area contributed by atoms with Gasteiger partial charge in [0.2, 0.25) is 0 Å². The molecule has 0 unspecified atom stereocenters. The smallest absolute Gasteiger partial charge is 0.143 e. The SMILES string of the molecule is CCCC(=C/C=O)/C=C/C1=C(C)CCCC1(C)C. The fourth-order valence-corrected chi connectivity index (χ4v) is 2.80. The molecule has 0 radical (unpaired) electrons. The zero-order valence-electron chi connectivity index (χ0n) is 12.3. The van der Waals surface area contributed by atoms with E-state index in [0.717, 1.165) is 24.7 Å². The number of rotatable bonds is 5. The maximum absolute atomic E-state index is 10.6. The van der Waals surface area contributed by atoms with E-state index in [9.17, 15) is 4.79 Å². The minimum Gasteiger partial charge on any atom is -0.299 e. The lowest BCUT2D eigenvalue weighted by molar-refractivity contribution is -0.104. The van der Waals surface area contributed by atoms with Crippen LogP contribution in [0.15, 0.2) is 34.9 Å². The van der Waals surface area contributed by atoms with Gasteiger partial charge in [-0.3, -0.25) is 4.79 Å². The molecule has 0 fully saturated rings. The van der Waals surface area contributed by atoms with Gasteiger partial charge in [-0.2, -0.15) is 0 Å². The van der Waals surface area contributed by atoms with Crippen LogP contribution in [-0.4, -0.2) is 6.29 Å². The average molecular weight is 246 g/mol. The first kappa shape index (κ1) is 14.9. The molecule has 0 bridgehead atoms. The van der Waals surface area contributed by atoms with Crippen molar-refractivity contribution in [3.8, 4) is 0 Å². The van der Waals surface area contributed by atoms with Gasteiger partial charge in [-0.05, 0) is 55.2 Å². The van der Waals surface area contributed by atoms with Crippen LogP contribution in [0.25, 0.3) is 0 Å². The number of hydrogen-bond acceptors (Lipinski definition) is 1. The molecule has 1 aliphatic rings. The molecule has 1 heteroatoms. The van der Waals surface area contributed by atoms with Crippen molar-refractivity contribution >= 4 is 6.29 Å². The maximum Gasteiger partial charge on any atom is 0.143 e. The van der Waals surface area contributed by atoms with E-state index in [1.807, 2.05) is 0 Å². The Morgan fingerprint density at radius 1 is 1.39 bits per heavy atom. The van der Waals surface area contributed by atoms with Gasteiger partial charge in [-0.1, -0.05) is 44.9 Å². The topological polar surface area (TPSA) is 17.1 Å². The summed E-state index contributed by atoms with van der Waals surface area (Å²) in [4.78, 5) is 10.6. The van der Waals surface area contributed by atoms with Crippen LogP contribution in [0, 0.1) is 5.41 Å². The molecule has 0 aliphatic heterocycles. The molecule has 0 N–H and O–H groups in total. The van der Waals surface area contributed by atoms with Crippen LogP contribution >= 0.6 is 0 Å². The summed E-state index contributed by atoms with van der Waals surface area (Å²) in [6.45, 7) is 9.02. The van der Waals surface area contributed by atoms with Crippen molar-refractivity contribution < 1.29 is 4.79 Å². The Hall–Kier alpha value is -1.11. The van der Waals surface area contributed by atoms with E-state index < -0.39 is 0 Å². The van der Waals surface area contributed by atoms with E-state index in [1.54, 1.807) is 6.08 Å². The highest BCUT2D eigenvalue weighted by atomic mass is 16.1. The van der Waals surface area contributed by atoms with Crippen LogP contribution < -0.4 is 0 Å². The Kier molecular flexibility index (Phi) is 5.58. The molecule has 0 spiro atoms. The lowest BCUT2D eigenvalue weighted by atomic mass is 9.72. The van der Waals surface area contributed by atoms with E-state index in [0.29, 0.717) is 0 Å². The highest BCUT2D eigenvalue weighted by molar-refractivity contribution is 5.67. The summed E-state index contributed by atoms with van der Waals surface area (Å²) in [5, 5.41) is 0. The number of hydrogen-bond donors (Lipinski definition) is 0. The first-order valence-electron chi connectivity index (χ1n) is 7.04. The minimum atomic E-state index is 0.275. The van der Waals surface area contributed by atoms with E-state index >= 15 is 0 Å². The molecule has 0 aromatic rings. The summed E-state index contributed by atoms with van der Waals surface area (Å²) in [5.74, 6) is 0. The molecule has 0 aromatic heterocycles. The zero-order valence-corrected chi connectivity index (χ0v) is 12.3. The van der Waals surface area contributed by atoms with E-state index in [-0.39, 0.29) is 5.41 Å². The first-order chi connectivity index (χ1) is 8.51. The van der Waals surface area contributed by atoms with Crippen LogP contribution in [0.2, 0.25) is 0 Å². The van der Waals surface area contributed by atoms with E-state index in [2.05, 4.69) is 39.8 Å². The predicted octanol–water partition coefficient (Wildman–Crippen LogP) is 4.99. The Morgan fingerprint density at radius 2 is 2.11 bits per heavy atom. The summed E-state index contributed by atoms with van der Waals surface area (Å²) in [7, 11) is 0. The second kappa shape index (κ2) is 6.72. The fourth-order valence-electron chi connectivity index (χ4n) is 2.80. The number of carbonyl (C=O) groups excluding carboxylic acids is 1. The summed E-state index contributed by atoms with van der Waals surface area (Å²) >= 11 is 0. The molecule has 1 rings (SSSR count). The van der Waals surface area contributed by atoms with Gasteiger partial charge in [-0.25, -0.2) is 0 Å². The van der Waals surface area contributed by atoms with E-state index in [1.165, 1.54) is 30.4 Å². The Balaban J connectivity index is 2.93. The fraction of sp³-hybridized carbons (Fsp3) is 0.588.